The molecule has 1 fully saturated rings. The highest BCUT2D eigenvalue weighted by Crippen LogP contribution is 2.40. The summed E-state index contributed by atoms with van der Waals surface area (Å²) in [6, 6.07) is 14.8. The molecular formula is C34H38ClN7O2S. The minimum absolute atomic E-state index is 0.103. The fourth-order valence-electron chi connectivity index (χ4n) is 6.11. The number of fused-ring (bicyclic) bond motifs is 2. The van der Waals surface area contributed by atoms with Gasteiger partial charge in [-0.15, -0.1) is 0 Å². The van der Waals surface area contributed by atoms with E-state index >= 15 is 0 Å². The normalized spacial score (nSPS) is 17.1. The maximum absolute atomic E-state index is 12.5. The molecule has 2 aromatic carbocycles. The van der Waals surface area contributed by atoms with Crippen molar-refractivity contribution in [3.05, 3.63) is 77.2 Å². The van der Waals surface area contributed by atoms with Gasteiger partial charge >= 0.3 is 6.01 Å². The number of allylic oxidation sites excluding steroid dienone is 1. The van der Waals surface area contributed by atoms with Crippen molar-refractivity contribution in [3.8, 4) is 12.1 Å². The number of carbonyl (C=O) groups is 1. The predicted molar refractivity (Wildman–Crippen MR) is 181 cm³/mol. The number of hydrogen-bond acceptors (Lipinski definition) is 9. The van der Waals surface area contributed by atoms with Gasteiger partial charge in [-0.1, -0.05) is 61.3 Å². The second-order valence-corrected chi connectivity index (χ2v) is 13.7. The number of benzene rings is 2. The van der Waals surface area contributed by atoms with Crippen LogP contribution >= 0.6 is 23.5 Å². The van der Waals surface area contributed by atoms with E-state index < -0.39 is 0 Å². The number of halogens is 1. The van der Waals surface area contributed by atoms with Crippen molar-refractivity contribution < 1.29 is 9.53 Å². The van der Waals surface area contributed by atoms with Crippen LogP contribution in [0.1, 0.15) is 37.4 Å². The van der Waals surface area contributed by atoms with Crippen molar-refractivity contribution in [2.45, 2.75) is 44.4 Å². The fraction of sp³-hybridized carbons (Fsp3) is 0.412. The molecule has 1 atom stereocenters. The molecule has 0 spiro atoms. The highest BCUT2D eigenvalue weighted by molar-refractivity contribution is 7.97. The molecule has 45 heavy (non-hydrogen) atoms. The summed E-state index contributed by atoms with van der Waals surface area (Å²) < 4.78 is 8.46. The molecule has 9 nitrogen and oxygen atoms in total. The Hall–Kier alpha value is -3.78. The van der Waals surface area contributed by atoms with Gasteiger partial charge in [0.2, 0.25) is 5.91 Å². The minimum atomic E-state index is -0.215. The number of nitrogens with zero attached hydrogens (tertiary/aromatic N) is 7. The van der Waals surface area contributed by atoms with Crippen LogP contribution in [0.5, 0.6) is 6.01 Å². The van der Waals surface area contributed by atoms with Crippen molar-refractivity contribution in [3.63, 3.8) is 0 Å². The van der Waals surface area contributed by atoms with E-state index in [4.69, 9.17) is 26.3 Å². The Kier molecular flexibility index (Phi) is 9.50. The molecule has 0 bridgehead atoms. The van der Waals surface area contributed by atoms with Gasteiger partial charge in [-0.25, -0.2) is 0 Å². The Bertz CT molecular complexity index is 1660. The van der Waals surface area contributed by atoms with Crippen LogP contribution in [0, 0.1) is 17.2 Å². The van der Waals surface area contributed by atoms with Gasteiger partial charge in [-0.2, -0.15) is 15.2 Å². The van der Waals surface area contributed by atoms with Crippen molar-refractivity contribution >= 4 is 51.7 Å². The number of aromatic nitrogens is 2. The number of amides is 1. The van der Waals surface area contributed by atoms with Crippen LogP contribution < -0.4 is 14.5 Å². The first kappa shape index (κ1) is 31.2. The van der Waals surface area contributed by atoms with E-state index in [1.54, 1.807) is 4.90 Å². The first-order valence-electron chi connectivity index (χ1n) is 15.5. The second kappa shape index (κ2) is 13.7. The maximum Gasteiger partial charge on any atom is 0.318 e. The molecule has 0 saturated heterocycles. The van der Waals surface area contributed by atoms with Crippen molar-refractivity contribution in [1.82, 2.24) is 19.2 Å². The van der Waals surface area contributed by atoms with Gasteiger partial charge in [0.25, 0.3) is 0 Å². The molecule has 0 N–H and O–H groups in total. The van der Waals surface area contributed by atoms with Gasteiger partial charge in [0, 0.05) is 54.3 Å². The molecule has 1 amide bonds. The van der Waals surface area contributed by atoms with E-state index in [1.165, 1.54) is 18.9 Å². The van der Waals surface area contributed by atoms with Crippen molar-refractivity contribution in [1.29, 1.82) is 5.26 Å². The summed E-state index contributed by atoms with van der Waals surface area (Å²) in [6.07, 6.45) is 6.62. The number of carbonyl (C=O) groups excluding carboxylic acids is 1. The van der Waals surface area contributed by atoms with Crippen LogP contribution in [-0.2, 0) is 17.8 Å². The van der Waals surface area contributed by atoms with E-state index in [9.17, 15) is 10.1 Å². The molecule has 234 valence electrons. The zero-order chi connectivity index (χ0) is 31.5. The van der Waals surface area contributed by atoms with E-state index in [2.05, 4.69) is 60.1 Å². The average Bonchev–Trinajstić information content (AvgIpc) is 3.90. The Morgan fingerprint density at radius 1 is 1.24 bits per heavy atom. The van der Waals surface area contributed by atoms with Gasteiger partial charge in [0.05, 0.1) is 35.4 Å². The molecule has 1 aliphatic carbocycles. The number of rotatable bonds is 11. The quantitative estimate of drug-likeness (QED) is 0.179. The van der Waals surface area contributed by atoms with Gasteiger partial charge in [0.1, 0.15) is 12.4 Å². The van der Waals surface area contributed by atoms with E-state index in [0.29, 0.717) is 43.2 Å². The molecule has 1 saturated carbocycles. The molecule has 0 radical (unpaired) electrons. The lowest BCUT2D eigenvalue weighted by Crippen LogP contribution is -2.42. The molecule has 11 heteroatoms. The highest BCUT2D eigenvalue weighted by atomic mass is 35.5. The van der Waals surface area contributed by atoms with Crippen LogP contribution in [0.3, 0.4) is 0 Å². The average molecular weight is 644 g/mol. The van der Waals surface area contributed by atoms with E-state index in [1.807, 2.05) is 35.2 Å². The number of ether oxygens (including phenoxy) is 1. The van der Waals surface area contributed by atoms with Crippen LogP contribution in [0.4, 0.5) is 11.5 Å². The summed E-state index contributed by atoms with van der Waals surface area (Å²) in [5.74, 6) is 1.37. The smallest absolute Gasteiger partial charge is 0.318 e. The molecule has 3 aliphatic rings. The third-order valence-corrected chi connectivity index (χ3v) is 10.2. The highest BCUT2D eigenvalue weighted by Gasteiger charge is 2.31. The van der Waals surface area contributed by atoms with E-state index in [0.717, 1.165) is 64.0 Å². The van der Waals surface area contributed by atoms with Crippen LogP contribution in [0.2, 0.25) is 5.02 Å². The molecule has 3 heterocycles. The number of hydrogen-bond donors (Lipinski definition) is 0. The van der Waals surface area contributed by atoms with Crippen LogP contribution in [0.15, 0.2) is 61.0 Å². The Morgan fingerprint density at radius 3 is 2.80 bits per heavy atom. The van der Waals surface area contributed by atoms with Crippen molar-refractivity contribution in [2.75, 3.05) is 49.6 Å². The summed E-state index contributed by atoms with van der Waals surface area (Å²) in [7, 11) is 2.10. The SMILES string of the molecule is C=CC(=O)N1CCN(c2nc(OCCN(C)S[C@@H](C)C3CC3)nc3c2CCN(c2cccc4cccc(Cl)c24)C3)C=C1CC#N. The first-order valence-corrected chi connectivity index (χ1v) is 16.7. The van der Waals surface area contributed by atoms with E-state index in [-0.39, 0.29) is 12.3 Å². The Balaban J connectivity index is 1.30. The van der Waals surface area contributed by atoms with Crippen LogP contribution in [0.25, 0.3) is 10.8 Å². The minimum Gasteiger partial charge on any atom is -0.462 e. The maximum atomic E-state index is 12.5. The summed E-state index contributed by atoms with van der Waals surface area (Å²) in [6.45, 7) is 9.41. The largest absolute Gasteiger partial charge is 0.462 e. The van der Waals surface area contributed by atoms with Gasteiger partial charge < -0.3 is 19.4 Å². The summed E-state index contributed by atoms with van der Waals surface area (Å²) in [5.41, 5.74) is 3.64. The number of anilines is 2. The zero-order valence-electron chi connectivity index (χ0n) is 25.8. The lowest BCUT2D eigenvalue weighted by molar-refractivity contribution is -0.124. The lowest BCUT2D eigenvalue weighted by atomic mass is 10.0. The number of nitriles is 1. The molecule has 1 aromatic heterocycles. The van der Waals surface area contributed by atoms with Gasteiger partial charge in [-0.05, 0) is 55.8 Å². The standard InChI is InChI=1S/C34H38ClN7O2S/c1-4-31(43)42-18-17-41(21-26(42)13-15-36)33-27-14-16-40(30-10-6-8-25-7-5-9-28(35)32(25)30)22-29(27)37-34(38-33)44-20-19-39(3)45-23(2)24-11-12-24/h4-10,21,23-24H,1,11-14,16-20,22H2,2-3H3/t23-/m0/s1. The summed E-state index contributed by atoms with van der Waals surface area (Å²) in [5, 5.41) is 13.0. The molecular weight excluding hydrogens is 606 g/mol. The molecule has 3 aromatic rings. The monoisotopic (exact) mass is 643 g/mol. The fourth-order valence-corrected chi connectivity index (χ4v) is 7.58. The van der Waals surface area contributed by atoms with Crippen LogP contribution in [-0.4, -0.2) is 70.2 Å². The molecule has 0 unspecified atom stereocenters. The lowest BCUT2D eigenvalue weighted by Gasteiger charge is -2.36. The third kappa shape index (κ3) is 6.91. The first-order chi connectivity index (χ1) is 21.9. The molecule has 6 rings (SSSR count). The topological polar surface area (TPSA) is 88.8 Å². The Labute approximate surface area is 274 Å². The number of likely N-dealkylation sites (N-methyl/N-ethyl adjacent to an activating group) is 1. The van der Waals surface area contributed by atoms with Gasteiger partial charge in [0.15, 0.2) is 0 Å². The Morgan fingerprint density at radius 2 is 2.04 bits per heavy atom. The summed E-state index contributed by atoms with van der Waals surface area (Å²) >= 11 is 8.58. The second-order valence-electron chi connectivity index (χ2n) is 11.7. The van der Waals surface area contributed by atoms with Crippen molar-refractivity contribution in [2.24, 2.45) is 5.92 Å². The molecule has 2 aliphatic heterocycles. The van der Waals surface area contributed by atoms with Gasteiger partial charge in [-0.3, -0.25) is 9.10 Å². The third-order valence-electron chi connectivity index (χ3n) is 8.65. The summed E-state index contributed by atoms with van der Waals surface area (Å²) in [4.78, 5) is 28.4. The predicted octanol–water partition coefficient (Wildman–Crippen LogP) is 6.19. The zero-order valence-corrected chi connectivity index (χ0v) is 27.4.